The van der Waals surface area contributed by atoms with Crippen molar-refractivity contribution >= 4 is 23.4 Å². The van der Waals surface area contributed by atoms with E-state index in [4.69, 9.17) is 9.47 Å². The van der Waals surface area contributed by atoms with E-state index < -0.39 is 0 Å². The Morgan fingerprint density at radius 3 is 2.71 bits per heavy atom. The van der Waals surface area contributed by atoms with Crippen molar-refractivity contribution < 1.29 is 14.3 Å². The van der Waals surface area contributed by atoms with Gasteiger partial charge in [0.25, 0.3) is 0 Å². The van der Waals surface area contributed by atoms with Crippen molar-refractivity contribution in [2.75, 3.05) is 61.5 Å². The van der Waals surface area contributed by atoms with Crippen molar-refractivity contribution in [3.05, 3.63) is 36.7 Å². The quantitative estimate of drug-likeness (QED) is 0.596. The van der Waals surface area contributed by atoms with Gasteiger partial charge >= 0.3 is 6.03 Å². The normalized spacial score (nSPS) is 13.7. The Hall–Kier alpha value is -3.07. The van der Waals surface area contributed by atoms with Crippen LogP contribution in [0.4, 0.5) is 22.1 Å². The highest BCUT2D eigenvalue weighted by Gasteiger charge is 2.12. The lowest BCUT2D eigenvalue weighted by Gasteiger charge is -2.27. The molecule has 0 saturated carbocycles. The van der Waals surface area contributed by atoms with Crippen LogP contribution in [-0.2, 0) is 4.74 Å². The maximum Gasteiger partial charge on any atom is 0.319 e. The predicted molar refractivity (Wildman–Crippen MR) is 108 cm³/mol. The van der Waals surface area contributed by atoms with Gasteiger partial charge in [-0.05, 0) is 31.2 Å². The molecule has 28 heavy (non-hydrogen) atoms. The van der Waals surface area contributed by atoms with Crippen molar-refractivity contribution in [1.82, 2.24) is 15.3 Å². The molecule has 3 rings (SSSR count). The number of benzene rings is 1. The van der Waals surface area contributed by atoms with E-state index in [-0.39, 0.29) is 6.03 Å². The molecular weight excluding hydrogens is 360 g/mol. The summed E-state index contributed by atoms with van der Waals surface area (Å²) in [6.07, 6.45) is 1.54. The van der Waals surface area contributed by atoms with E-state index in [0.29, 0.717) is 38.6 Å². The van der Waals surface area contributed by atoms with E-state index in [9.17, 15) is 4.79 Å². The summed E-state index contributed by atoms with van der Waals surface area (Å²) in [6.45, 7) is 6.61. The summed E-state index contributed by atoms with van der Waals surface area (Å²) >= 11 is 0. The maximum absolute atomic E-state index is 12.0. The van der Waals surface area contributed by atoms with E-state index in [1.54, 1.807) is 18.5 Å². The zero-order valence-electron chi connectivity index (χ0n) is 16.0. The number of urea groups is 1. The first kappa shape index (κ1) is 19.7. The van der Waals surface area contributed by atoms with E-state index >= 15 is 0 Å². The Morgan fingerprint density at radius 2 is 1.96 bits per heavy atom. The predicted octanol–water partition coefficient (Wildman–Crippen LogP) is 1.95. The Kier molecular flexibility index (Phi) is 7.25. The average Bonchev–Trinajstić information content (AvgIpc) is 2.74. The lowest BCUT2D eigenvalue weighted by atomic mass is 10.3. The third-order valence-electron chi connectivity index (χ3n) is 4.13. The second-order valence-corrected chi connectivity index (χ2v) is 6.13. The Balaban J connectivity index is 1.38. The largest absolute Gasteiger partial charge is 0.494 e. The molecule has 150 valence electrons. The zero-order chi connectivity index (χ0) is 19.6. The van der Waals surface area contributed by atoms with Crippen LogP contribution in [0, 0.1) is 0 Å². The van der Waals surface area contributed by atoms with Crippen molar-refractivity contribution in [2.24, 2.45) is 0 Å². The van der Waals surface area contributed by atoms with Gasteiger partial charge in [0.2, 0.25) is 0 Å². The molecule has 2 aromatic rings. The second kappa shape index (κ2) is 10.3. The van der Waals surface area contributed by atoms with Crippen molar-refractivity contribution in [3.63, 3.8) is 0 Å². The van der Waals surface area contributed by atoms with Crippen LogP contribution in [-0.4, -0.2) is 62.0 Å². The molecule has 0 unspecified atom stereocenters. The molecule has 9 nitrogen and oxygen atoms in total. The number of ether oxygens (including phenoxy) is 2. The van der Waals surface area contributed by atoms with Crippen LogP contribution in [0.3, 0.4) is 0 Å². The lowest BCUT2D eigenvalue weighted by molar-refractivity contribution is 0.122. The molecule has 0 atom stereocenters. The van der Waals surface area contributed by atoms with Gasteiger partial charge in [0.1, 0.15) is 23.7 Å². The van der Waals surface area contributed by atoms with Gasteiger partial charge in [-0.15, -0.1) is 0 Å². The number of rotatable bonds is 8. The van der Waals surface area contributed by atoms with E-state index in [2.05, 4.69) is 30.8 Å². The van der Waals surface area contributed by atoms with Crippen LogP contribution >= 0.6 is 0 Å². The molecule has 0 radical (unpaired) electrons. The summed E-state index contributed by atoms with van der Waals surface area (Å²) in [5.41, 5.74) is 0.708. The number of carbonyl (C=O) groups is 1. The first-order valence-corrected chi connectivity index (χ1v) is 9.41. The summed E-state index contributed by atoms with van der Waals surface area (Å²) < 4.78 is 10.7. The Bertz CT molecular complexity index is 750. The SMILES string of the molecule is CCOc1ccc(NC(=O)NCCNc2cc(N3CCOCC3)ncn2)cc1. The number of hydrogen-bond donors (Lipinski definition) is 3. The molecular formula is C19H26N6O3. The van der Waals surface area contributed by atoms with Gasteiger partial charge in [0, 0.05) is 37.9 Å². The molecule has 1 saturated heterocycles. The highest BCUT2D eigenvalue weighted by molar-refractivity contribution is 5.89. The number of hydrogen-bond acceptors (Lipinski definition) is 7. The molecule has 0 bridgehead atoms. The van der Waals surface area contributed by atoms with Crippen molar-refractivity contribution in [3.8, 4) is 5.75 Å². The van der Waals surface area contributed by atoms with Gasteiger partial charge in [-0.2, -0.15) is 0 Å². The fraction of sp³-hybridized carbons (Fsp3) is 0.421. The highest BCUT2D eigenvalue weighted by atomic mass is 16.5. The number of amides is 2. The Labute approximate surface area is 164 Å². The topological polar surface area (TPSA) is 101 Å². The standard InChI is InChI=1S/C19H26N6O3/c1-2-28-16-5-3-15(4-6-16)24-19(26)21-8-7-20-17-13-18(23-14-22-17)25-9-11-27-12-10-25/h3-6,13-14H,2,7-12H2,1H3,(H,20,22,23)(H2,21,24,26). The maximum atomic E-state index is 12.0. The second-order valence-electron chi connectivity index (χ2n) is 6.13. The van der Waals surface area contributed by atoms with Gasteiger partial charge in [-0.1, -0.05) is 0 Å². The molecule has 3 N–H and O–H groups in total. The summed E-state index contributed by atoms with van der Waals surface area (Å²) in [5, 5.41) is 8.79. The summed E-state index contributed by atoms with van der Waals surface area (Å²) in [5.74, 6) is 2.38. The fourth-order valence-electron chi connectivity index (χ4n) is 2.75. The van der Waals surface area contributed by atoms with Crippen molar-refractivity contribution in [1.29, 1.82) is 0 Å². The molecule has 1 aliphatic heterocycles. The smallest absolute Gasteiger partial charge is 0.319 e. The van der Waals surface area contributed by atoms with Gasteiger partial charge in [0.15, 0.2) is 0 Å². The summed E-state index contributed by atoms with van der Waals surface area (Å²) in [4.78, 5) is 22.7. The first-order valence-electron chi connectivity index (χ1n) is 9.41. The van der Waals surface area contributed by atoms with Gasteiger partial charge < -0.3 is 30.3 Å². The molecule has 9 heteroatoms. The first-order chi connectivity index (χ1) is 13.7. The number of carbonyl (C=O) groups excluding carboxylic acids is 1. The van der Waals surface area contributed by atoms with Gasteiger partial charge in [-0.25, -0.2) is 14.8 Å². The fourth-order valence-corrected chi connectivity index (χ4v) is 2.75. The molecule has 1 fully saturated rings. The molecule has 2 heterocycles. The van der Waals surface area contributed by atoms with Crippen LogP contribution in [0.25, 0.3) is 0 Å². The molecule has 0 aliphatic carbocycles. The minimum absolute atomic E-state index is 0.261. The number of nitrogens with zero attached hydrogens (tertiary/aromatic N) is 3. The van der Waals surface area contributed by atoms with E-state index in [1.165, 1.54) is 0 Å². The molecule has 1 aromatic carbocycles. The molecule has 0 spiro atoms. The Morgan fingerprint density at radius 1 is 1.18 bits per heavy atom. The number of nitrogens with one attached hydrogen (secondary N) is 3. The number of morpholine rings is 1. The average molecular weight is 386 g/mol. The van der Waals surface area contributed by atoms with Gasteiger partial charge in [0.05, 0.1) is 19.8 Å². The molecule has 1 aromatic heterocycles. The summed E-state index contributed by atoms with van der Waals surface area (Å²) in [7, 11) is 0. The van der Waals surface area contributed by atoms with Crippen LogP contribution in [0.15, 0.2) is 36.7 Å². The number of aromatic nitrogens is 2. The summed E-state index contributed by atoms with van der Waals surface area (Å²) in [6, 6.07) is 8.89. The molecule has 2 amide bonds. The van der Waals surface area contributed by atoms with Crippen molar-refractivity contribution in [2.45, 2.75) is 6.92 Å². The van der Waals surface area contributed by atoms with E-state index in [1.807, 2.05) is 25.1 Å². The number of anilines is 3. The molecule has 1 aliphatic rings. The van der Waals surface area contributed by atoms with Crippen LogP contribution in [0.1, 0.15) is 6.92 Å². The lowest BCUT2D eigenvalue weighted by Crippen LogP contribution is -2.36. The minimum Gasteiger partial charge on any atom is -0.494 e. The van der Waals surface area contributed by atoms with Gasteiger partial charge in [-0.3, -0.25) is 0 Å². The minimum atomic E-state index is -0.261. The van der Waals surface area contributed by atoms with E-state index in [0.717, 1.165) is 30.5 Å². The van der Waals surface area contributed by atoms with Crippen LogP contribution in [0.5, 0.6) is 5.75 Å². The third-order valence-corrected chi connectivity index (χ3v) is 4.13. The highest BCUT2D eigenvalue weighted by Crippen LogP contribution is 2.16. The van der Waals surface area contributed by atoms with Crippen LogP contribution < -0.4 is 25.6 Å². The van der Waals surface area contributed by atoms with Crippen LogP contribution in [0.2, 0.25) is 0 Å². The third kappa shape index (κ3) is 5.98. The zero-order valence-corrected chi connectivity index (χ0v) is 16.0. The monoisotopic (exact) mass is 386 g/mol.